The largest absolute Gasteiger partial charge is 0.161 e. The van der Waals surface area contributed by atoms with Crippen LogP contribution in [0.3, 0.4) is 0 Å². The summed E-state index contributed by atoms with van der Waals surface area (Å²) in [5, 5.41) is 0. The summed E-state index contributed by atoms with van der Waals surface area (Å²) in [4.78, 5) is 0.795. The summed E-state index contributed by atoms with van der Waals surface area (Å²) in [6.45, 7) is 4.64. The van der Waals surface area contributed by atoms with Gasteiger partial charge in [0, 0.05) is 10.6 Å². The predicted molar refractivity (Wildman–Crippen MR) is 62.2 cm³/mol. The first kappa shape index (κ1) is 10.9. The number of hydrogen-bond donors (Lipinski definition) is 0. The first-order valence-electron chi connectivity index (χ1n) is 4.99. The second-order valence-corrected chi connectivity index (χ2v) is 5.98. The summed E-state index contributed by atoms with van der Waals surface area (Å²) in [7, 11) is 0. The average Bonchev–Trinajstić information content (AvgIpc) is 2.47. The van der Waals surface area contributed by atoms with Crippen LogP contribution in [0.2, 0.25) is 0 Å². The lowest BCUT2D eigenvalue weighted by Gasteiger charge is -2.19. The molecule has 0 amide bonds. The maximum Gasteiger partial charge on any atom is 0.0272 e. The van der Waals surface area contributed by atoms with Crippen molar-refractivity contribution in [1.82, 2.24) is 0 Å². The Morgan fingerprint density at radius 3 is 2.42 bits per heavy atom. The van der Waals surface area contributed by atoms with E-state index in [0.717, 1.165) is 16.7 Å². The minimum Gasteiger partial charge on any atom is -0.161 e. The first-order valence-corrected chi connectivity index (χ1v) is 7.06. The minimum absolute atomic E-state index is 0.795. The minimum atomic E-state index is 0.795. The van der Waals surface area contributed by atoms with Crippen LogP contribution in [0.4, 0.5) is 0 Å². The summed E-state index contributed by atoms with van der Waals surface area (Å²) in [6, 6.07) is 0. The Bertz CT molecular complexity index is 123. The monoisotopic (exact) mass is 250 g/mol. The quantitative estimate of drug-likeness (QED) is 0.682. The molecule has 1 aliphatic rings. The molecule has 2 heteroatoms. The number of alkyl halides is 1. The van der Waals surface area contributed by atoms with E-state index in [1.54, 1.807) is 0 Å². The molecule has 0 nitrogen and oxygen atoms in total. The third-order valence-electron chi connectivity index (χ3n) is 2.91. The number of rotatable bonds is 4. The zero-order chi connectivity index (χ0) is 8.97. The molecule has 1 rings (SSSR count). The van der Waals surface area contributed by atoms with Gasteiger partial charge in [-0.1, -0.05) is 42.6 Å². The van der Waals surface area contributed by atoms with Crippen molar-refractivity contribution in [3.8, 4) is 0 Å². The summed E-state index contributed by atoms with van der Waals surface area (Å²) in [5.74, 6) is 4.62. The van der Waals surface area contributed by atoms with Crippen molar-refractivity contribution in [1.29, 1.82) is 0 Å². The Labute approximate surface area is 89.0 Å². The molecule has 1 fully saturated rings. The van der Waals surface area contributed by atoms with Gasteiger partial charge in [0.05, 0.1) is 0 Å². The smallest absolute Gasteiger partial charge is 0.0272 e. The van der Waals surface area contributed by atoms with Gasteiger partial charge in [0.15, 0.2) is 0 Å². The van der Waals surface area contributed by atoms with Gasteiger partial charge < -0.3 is 0 Å². The van der Waals surface area contributed by atoms with Gasteiger partial charge in [-0.3, -0.25) is 0 Å². The molecule has 2 unspecified atom stereocenters. The Kier molecular flexibility index (Phi) is 5.03. The van der Waals surface area contributed by atoms with Gasteiger partial charge in [-0.05, 0) is 24.0 Å². The van der Waals surface area contributed by atoms with E-state index >= 15 is 0 Å². The zero-order valence-corrected chi connectivity index (χ0v) is 10.5. The van der Waals surface area contributed by atoms with E-state index in [2.05, 4.69) is 41.5 Å². The lowest BCUT2D eigenvalue weighted by molar-refractivity contribution is 0.382. The first-order chi connectivity index (χ1) is 5.77. The third-order valence-corrected chi connectivity index (χ3v) is 5.67. The van der Waals surface area contributed by atoms with Crippen LogP contribution in [-0.2, 0) is 0 Å². The van der Waals surface area contributed by atoms with E-state index in [0.29, 0.717) is 0 Å². The van der Waals surface area contributed by atoms with Crippen LogP contribution >= 0.6 is 27.7 Å². The standard InChI is InChI=1S/C10H19BrS/c1-3-8(4-2)5-9-6-12-7-10(9)11/h8-10H,3-7H2,1-2H3. The molecule has 12 heavy (non-hydrogen) atoms. The maximum atomic E-state index is 3.77. The molecule has 0 saturated carbocycles. The summed E-state index contributed by atoms with van der Waals surface area (Å²) in [5.41, 5.74) is 0. The molecule has 0 aromatic heterocycles. The molecule has 0 bridgehead atoms. The van der Waals surface area contributed by atoms with E-state index in [-0.39, 0.29) is 0 Å². The molecule has 0 N–H and O–H groups in total. The fraction of sp³-hybridized carbons (Fsp3) is 1.00. The van der Waals surface area contributed by atoms with E-state index in [9.17, 15) is 0 Å². The Morgan fingerprint density at radius 2 is 2.00 bits per heavy atom. The highest BCUT2D eigenvalue weighted by Crippen LogP contribution is 2.35. The molecule has 1 saturated heterocycles. The normalized spacial score (nSPS) is 30.0. The predicted octanol–water partition coefficient (Wildman–Crippen LogP) is 3.94. The van der Waals surface area contributed by atoms with Gasteiger partial charge in [-0.15, -0.1) is 0 Å². The average molecular weight is 251 g/mol. The van der Waals surface area contributed by atoms with Crippen LogP contribution in [0.1, 0.15) is 33.1 Å². The molecule has 0 radical (unpaired) electrons. The second-order valence-electron chi connectivity index (χ2n) is 3.73. The molecule has 0 aromatic rings. The summed E-state index contributed by atoms with van der Waals surface area (Å²) >= 11 is 5.88. The lowest BCUT2D eigenvalue weighted by atomic mass is 9.90. The summed E-state index contributed by atoms with van der Waals surface area (Å²) < 4.78 is 0. The van der Waals surface area contributed by atoms with Gasteiger partial charge in [-0.25, -0.2) is 0 Å². The van der Waals surface area contributed by atoms with Crippen molar-refractivity contribution in [2.75, 3.05) is 11.5 Å². The molecule has 72 valence electrons. The second kappa shape index (κ2) is 5.54. The SMILES string of the molecule is CCC(CC)CC1CSCC1Br. The topological polar surface area (TPSA) is 0 Å². The van der Waals surface area contributed by atoms with Crippen molar-refractivity contribution >= 4 is 27.7 Å². The van der Waals surface area contributed by atoms with E-state index < -0.39 is 0 Å². The molecule has 0 aromatic carbocycles. The van der Waals surface area contributed by atoms with Gasteiger partial charge >= 0.3 is 0 Å². The fourth-order valence-corrected chi connectivity index (χ4v) is 4.35. The molecular formula is C10H19BrS. The van der Waals surface area contributed by atoms with Crippen molar-refractivity contribution in [2.45, 2.75) is 37.9 Å². The fourth-order valence-electron chi connectivity index (χ4n) is 1.84. The molecule has 1 heterocycles. The number of hydrogen-bond acceptors (Lipinski definition) is 1. The van der Waals surface area contributed by atoms with E-state index in [1.807, 2.05) is 0 Å². The van der Waals surface area contributed by atoms with E-state index in [4.69, 9.17) is 0 Å². The highest BCUT2D eigenvalue weighted by molar-refractivity contribution is 9.09. The molecular weight excluding hydrogens is 232 g/mol. The maximum absolute atomic E-state index is 3.77. The summed E-state index contributed by atoms with van der Waals surface area (Å²) in [6.07, 6.45) is 4.16. The van der Waals surface area contributed by atoms with Crippen LogP contribution < -0.4 is 0 Å². The molecule has 0 aliphatic carbocycles. The van der Waals surface area contributed by atoms with Crippen molar-refractivity contribution in [3.05, 3.63) is 0 Å². The third kappa shape index (κ3) is 2.95. The zero-order valence-electron chi connectivity index (χ0n) is 8.05. The Morgan fingerprint density at radius 1 is 1.33 bits per heavy atom. The van der Waals surface area contributed by atoms with Gasteiger partial charge in [0.25, 0.3) is 0 Å². The van der Waals surface area contributed by atoms with Gasteiger partial charge in [0.2, 0.25) is 0 Å². The van der Waals surface area contributed by atoms with Crippen LogP contribution in [0.15, 0.2) is 0 Å². The molecule has 0 spiro atoms. The van der Waals surface area contributed by atoms with Crippen molar-refractivity contribution in [3.63, 3.8) is 0 Å². The van der Waals surface area contributed by atoms with Crippen LogP contribution in [-0.4, -0.2) is 16.3 Å². The Balaban J connectivity index is 2.28. The highest BCUT2D eigenvalue weighted by atomic mass is 79.9. The van der Waals surface area contributed by atoms with Crippen LogP contribution in [0.5, 0.6) is 0 Å². The van der Waals surface area contributed by atoms with Gasteiger partial charge in [-0.2, -0.15) is 11.8 Å². The van der Waals surface area contributed by atoms with Crippen molar-refractivity contribution < 1.29 is 0 Å². The van der Waals surface area contributed by atoms with Crippen molar-refractivity contribution in [2.24, 2.45) is 11.8 Å². The Hall–Kier alpha value is 0.830. The number of halogens is 1. The van der Waals surface area contributed by atoms with Crippen LogP contribution in [0, 0.1) is 11.8 Å². The lowest BCUT2D eigenvalue weighted by Crippen LogP contribution is -2.15. The van der Waals surface area contributed by atoms with E-state index in [1.165, 1.54) is 30.8 Å². The van der Waals surface area contributed by atoms with Gasteiger partial charge in [0.1, 0.15) is 0 Å². The highest BCUT2D eigenvalue weighted by Gasteiger charge is 2.26. The molecule has 1 aliphatic heterocycles. The number of thioether (sulfide) groups is 1. The molecule has 2 atom stereocenters. The van der Waals surface area contributed by atoms with Crippen LogP contribution in [0.25, 0.3) is 0 Å².